The molecule has 3 saturated carbocycles. The minimum Gasteiger partial charge on any atom is -0.451 e. The molecule has 0 heterocycles. The number of esters is 1. The van der Waals surface area contributed by atoms with Gasteiger partial charge in [-0.05, 0) is 61.3 Å². The lowest BCUT2D eigenvalue weighted by atomic mass is 9.43. The Kier molecular flexibility index (Phi) is 4.87. The number of rotatable bonds is 2. The van der Waals surface area contributed by atoms with Gasteiger partial charge in [0, 0.05) is 25.2 Å². The van der Waals surface area contributed by atoms with Crippen molar-refractivity contribution >= 4 is 17.5 Å². The van der Waals surface area contributed by atoms with Crippen molar-refractivity contribution in [3.8, 4) is 0 Å². The molecular weight excluding hydrogens is 384 g/mol. The van der Waals surface area contributed by atoms with Crippen molar-refractivity contribution in [3.63, 3.8) is 0 Å². The average molecular weight is 419 g/mol. The van der Waals surface area contributed by atoms with Crippen molar-refractivity contribution in [3.05, 3.63) is 11.6 Å². The van der Waals surface area contributed by atoms with Crippen LogP contribution < -0.4 is 0 Å². The number of hydrogen-bond acceptors (Lipinski definition) is 6. The van der Waals surface area contributed by atoms with Crippen molar-refractivity contribution in [2.75, 3.05) is 0 Å². The van der Waals surface area contributed by atoms with Gasteiger partial charge in [0.2, 0.25) is 0 Å². The van der Waals surface area contributed by atoms with E-state index >= 15 is 0 Å². The molecule has 6 heteroatoms. The van der Waals surface area contributed by atoms with E-state index in [4.69, 9.17) is 4.74 Å². The molecule has 4 rings (SSSR count). The summed E-state index contributed by atoms with van der Waals surface area (Å²) in [5.74, 6) is -0.885. The van der Waals surface area contributed by atoms with Gasteiger partial charge in [-0.25, -0.2) is 0 Å². The summed E-state index contributed by atoms with van der Waals surface area (Å²) in [6.07, 6.45) is 2.56. The van der Waals surface area contributed by atoms with Crippen LogP contribution in [0.25, 0.3) is 0 Å². The van der Waals surface area contributed by atoms with E-state index < -0.39 is 29.2 Å². The van der Waals surface area contributed by atoms with E-state index in [2.05, 4.69) is 13.8 Å². The van der Waals surface area contributed by atoms with Gasteiger partial charge < -0.3 is 14.9 Å². The average Bonchev–Trinajstić information content (AvgIpc) is 2.83. The lowest BCUT2D eigenvalue weighted by Gasteiger charge is -2.62. The molecule has 9 atom stereocenters. The maximum atomic E-state index is 12.9. The molecule has 2 N–H and O–H groups in total. The predicted molar refractivity (Wildman–Crippen MR) is 109 cm³/mol. The predicted octanol–water partition coefficient (Wildman–Crippen LogP) is 2.60. The van der Waals surface area contributed by atoms with E-state index in [0.29, 0.717) is 12.8 Å². The highest BCUT2D eigenvalue weighted by atomic mass is 16.6. The summed E-state index contributed by atoms with van der Waals surface area (Å²) < 4.78 is 5.69. The van der Waals surface area contributed by atoms with Crippen molar-refractivity contribution < 1.29 is 29.3 Å². The zero-order valence-corrected chi connectivity index (χ0v) is 18.6. The molecule has 0 aromatic heterocycles. The topological polar surface area (TPSA) is 101 Å². The van der Waals surface area contributed by atoms with Gasteiger partial charge in [0.15, 0.2) is 17.2 Å². The molecule has 166 valence electrons. The number of ketones is 2. The summed E-state index contributed by atoms with van der Waals surface area (Å²) >= 11 is 0. The number of fused-ring (bicyclic) bond motifs is 5. The molecule has 30 heavy (non-hydrogen) atoms. The number of allylic oxidation sites excluding steroid dienone is 1. The third-order valence-electron chi connectivity index (χ3n) is 9.19. The fourth-order valence-corrected chi connectivity index (χ4v) is 8.23. The zero-order chi connectivity index (χ0) is 22.2. The summed E-state index contributed by atoms with van der Waals surface area (Å²) in [5.41, 5.74) is -1.45. The minimum atomic E-state index is -1.42. The van der Waals surface area contributed by atoms with Crippen molar-refractivity contribution in [1.29, 1.82) is 0 Å². The number of carbonyl (C=O) groups excluding carboxylic acids is 3. The first-order chi connectivity index (χ1) is 13.9. The molecule has 4 aliphatic carbocycles. The van der Waals surface area contributed by atoms with Crippen LogP contribution in [0.5, 0.6) is 0 Å². The Balaban J connectivity index is 1.83. The molecule has 0 unspecified atom stereocenters. The van der Waals surface area contributed by atoms with E-state index in [1.54, 1.807) is 6.08 Å². The van der Waals surface area contributed by atoms with Crippen LogP contribution in [0.2, 0.25) is 0 Å². The van der Waals surface area contributed by atoms with Crippen LogP contribution in [0.15, 0.2) is 11.6 Å². The number of ether oxygens (including phenoxy) is 1. The second kappa shape index (κ2) is 6.73. The summed E-state index contributed by atoms with van der Waals surface area (Å²) in [6, 6.07) is 0. The first-order valence-corrected chi connectivity index (χ1v) is 11.2. The minimum absolute atomic E-state index is 0.0177. The monoisotopic (exact) mass is 418 g/mol. The van der Waals surface area contributed by atoms with Gasteiger partial charge in [-0.2, -0.15) is 0 Å². The van der Waals surface area contributed by atoms with E-state index in [-0.39, 0.29) is 53.5 Å². The number of aliphatic hydroxyl groups excluding tert-OH is 2. The normalized spacial score (nSPS) is 50.1. The fourth-order valence-electron chi connectivity index (χ4n) is 8.23. The van der Waals surface area contributed by atoms with Crippen LogP contribution in [-0.4, -0.2) is 45.6 Å². The molecule has 0 radical (unpaired) electrons. The highest BCUT2D eigenvalue weighted by molar-refractivity contribution is 5.92. The number of aliphatic hydroxyl groups is 2. The van der Waals surface area contributed by atoms with Crippen LogP contribution in [0, 0.1) is 34.5 Å². The molecule has 4 aliphatic rings. The lowest BCUT2D eigenvalue weighted by Crippen LogP contribution is -2.63. The van der Waals surface area contributed by atoms with Crippen LogP contribution in [0.3, 0.4) is 0 Å². The van der Waals surface area contributed by atoms with Crippen LogP contribution in [-0.2, 0) is 19.1 Å². The Morgan fingerprint density at radius 2 is 1.73 bits per heavy atom. The standard InChI is InChI=1S/C24H34O6/c1-12-8-16-20(22(4)7-6-15(27)9-17(12)22)18(28)10-23(5)21(16)19(29)11-24(23,13(2)25)30-14(3)26/h9,12,16,18-21,28-29H,6-8,10-11H2,1-5H3/t12-,16+,18-,19+,20+,21+,22-,23-,24-/m0/s1. The molecule has 6 nitrogen and oxygen atoms in total. The van der Waals surface area contributed by atoms with Gasteiger partial charge in [-0.15, -0.1) is 0 Å². The van der Waals surface area contributed by atoms with E-state index in [1.807, 2.05) is 6.92 Å². The SMILES string of the molecule is CC(=O)O[C@]1(C(C)=O)C[C@@H](O)[C@H]2[C@@H]3C[C@H](C)C4=CC(=O)CC[C@]4(C)[C@H]3[C@@H](O)C[C@@]21C. The quantitative estimate of drug-likeness (QED) is 0.669. The molecule has 0 aromatic carbocycles. The number of hydrogen-bond donors (Lipinski definition) is 2. The van der Waals surface area contributed by atoms with Crippen LogP contribution >= 0.6 is 0 Å². The Hall–Kier alpha value is -1.53. The van der Waals surface area contributed by atoms with Gasteiger partial charge >= 0.3 is 5.97 Å². The Morgan fingerprint density at radius 3 is 2.33 bits per heavy atom. The molecule has 0 aromatic rings. The first kappa shape index (κ1) is 21.7. The van der Waals surface area contributed by atoms with Gasteiger partial charge in [-0.1, -0.05) is 26.3 Å². The first-order valence-electron chi connectivity index (χ1n) is 11.2. The molecule has 0 bridgehead atoms. The Labute approximate surface area is 178 Å². The summed E-state index contributed by atoms with van der Waals surface area (Å²) in [7, 11) is 0. The van der Waals surface area contributed by atoms with Gasteiger partial charge in [0.25, 0.3) is 0 Å². The second-order valence-electron chi connectivity index (χ2n) is 10.8. The summed E-state index contributed by atoms with van der Waals surface area (Å²) in [5, 5.41) is 22.7. The fraction of sp³-hybridized carbons (Fsp3) is 0.792. The Morgan fingerprint density at radius 1 is 1.10 bits per heavy atom. The summed E-state index contributed by atoms with van der Waals surface area (Å²) in [6.45, 7) is 8.87. The molecular formula is C24H34O6. The third-order valence-corrected chi connectivity index (χ3v) is 9.19. The maximum Gasteiger partial charge on any atom is 0.303 e. The summed E-state index contributed by atoms with van der Waals surface area (Å²) in [4.78, 5) is 36.9. The van der Waals surface area contributed by atoms with Crippen molar-refractivity contribution in [2.45, 2.75) is 84.5 Å². The zero-order valence-electron chi connectivity index (χ0n) is 18.6. The van der Waals surface area contributed by atoms with Crippen molar-refractivity contribution in [2.24, 2.45) is 34.5 Å². The second-order valence-corrected chi connectivity index (χ2v) is 10.8. The maximum absolute atomic E-state index is 12.9. The molecule has 0 saturated heterocycles. The highest BCUT2D eigenvalue weighted by Crippen LogP contribution is 2.69. The van der Waals surface area contributed by atoms with Crippen LogP contribution in [0.1, 0.15) is 66.7 Å². The largest absolute Gasteiger partial charge is 0.451 e. The molecule has 0 aliphatic heterocycles. The van der Waals surface area contributed by atoms with Gasteiger partial charge in [0.05, 0.1) is 12.2 Å². The Bertz CT molecular complexity index is 832. The number of carbonyl (C=O) groups is 3. The van der Waals surface area contributed by atoms with E-state index in [9.17, 15) is 24.6 Å². The molecule has 0 spiro atoms. The van der Waals surface area contributed by atoms with E-state index in [1.165, 1.54) is 13.8 Å². The smallest absolute Gasteiger partial charge is 0.303 e. The van der Waals surface area contributed by atoms with Crippen molar-refractivity contribution in [1.82, 2.24) is 0 Å². The van der Waals surface area contributed by atoms with Crippen LogP contribution in [0.4, 0.5) is 0 Å². The highest BCUT2D eigenvalue weighted by Gasteiger charge is 2.72. The molecule has 3 fully saturated rings. The lowest BCUT2D eigenvalue weighted by molar-refractivity contribution is -0.202. The number of Topliss-reactive ketones (excluding diaryl/α,β-unsaturated/α-hetero) is 1. The molecule has 0 amide bonds. The third kappa shape index (κ3) is 2.65. The van der Waals surface area contributed by atoms with Gasteiger partial charge in [0.1, 0.15) is 0 Å². The van der Waals surface area contributed by atoms with Gasteiger partial charge in [-0.3, -0.25) is 14.4 Å². The van der Waals surface area contributed by atoms with E-state index in [0.717, 1.165) is 12.0 Å².